The minimum atomic E-state index is -0.583. The van der Waals surface area contributed by atoms with E-state index in [1.165, 1.54) is 0 Å². The average Bonchev–Trinajstić information content (AvgIpc) is 3.00. The third-order valence-corrected chi connectivity index (χ3v) is 4.79. The highest BCUT2D eigenvalue weighted by Crippen LogP contribution is 2.25. The predicted octanol–water partition coefficient (Wildman–Crippen LogP) is -0.0419. The standard InChI is InChI=1S/C17H22N6O3/c1-21-13-19-8-14(21)16(24)23-5-7-26-17(11-23)10-22(4-6-25-12-17)15-9-18-2-3-20-15/h2-3,8-9,13H,4-7,10-12H2,1H3. The summed E-state index contributed by atoms with van der Waals surface area (Å²) in [5, 5.41) is 0. The summed E-state index contributed by atoms with van der Waals surface area (Å²) in [6.07, 6.45) is 8.29. The van der Waals surface area contributed by atoms with Gasteiger partial charge in [0.25, 0.3) is 5.91 Å². The molecule has 2 saturated heterocycles. The summed E-state index contributed by atoms with van der Waals surface area (Å²) in [5.74, 6) is 0.749. The molecule has 2 aromatic rings. The second-order valence-corrected chi connectivity index (χ2v) is 6.69. The van der Waals surface area contributed by atoms with Crippen LogP contribution < -0.4 is 4.90 Å². The summed E-state index contributed by atoms with van der Waals surface area (Å²) >= 11 is 0. The van der Waals surface area contributed by atoms with Crippen LogP contribution in [0.1, 0.15) is 10.5 Å². The fourth-order valence-electron chi connectivity index (χ4n) is 3.48. The van der Waals surface area contributed by atoms with E-state index in [2.05, 4.69) is 19.9 Å². The first kappa shape index (κ1) is 16.9. The molecule has 0 radical (unpaired) electrons. The Labute approximate surface area is 151 Å². The number of carbonyl (C=O) groups excluding carboxylic acids is 1. The molecule has 4 rings (SSSR count). The van der Waals surface area contributed by atoms with Crippen LogP contribution in [0.3, 0.4) is 0 Å². The van der Waals surface area contributed by atoms with Gasteiger partial charge in [-0.3, -0.25) is 9.78 Å². The van der Waals surface area contributed by atoms with E-state index in [-0.39, 0.29) is 5.91 Å². The van der Waals surface area contributed by atoms with Gasteiger partial charge in [0.05, 0.1) is 51.6 Å². The van der Waals surface area contributed by atoms with Crippen LogP contribution in [0.25, 0.3) is 0 Å². The minimum absolute atomic E-state index is 0.0389. The monoisotopic (exact) mass is 358 g/mol. The van der Waals surface area contributed by atoms with Crippen LogP contribution >= 0.6 is 0 Å². The molecule has 2 aliphatic heterocycles. The zero-order valence-corrected chi connectivity index (χ0v) is 14.7. The first-order valence-electron chi connectivity index (χ1n) is 8.65. The summed E-state index contributed by atoms with van der Waals surface area (Å²) in [6, 6.07) is 0. The van der Waals surface area contributed by atoms with Gasteiger partial charge >= 0.3 is 0 Å². The van der Waals surface area contributed by atoms with Crippen molar-refractivity contribution >= 4 is 11.7 Å². The molecule has 138 valence electrons. The maximum Gasteiger partial charge on any atom is 0.272 e. The first-order valence-corrected chi connectivity index (χ1v) is 8.65. The van der Waals surface area contributed by atoms with Crippen LogP contribution in [0.2, 0.25) is 0 Å². The summed E-state index contributed by atoms with van der Waals surface area (Å²) in [5.41, 5.74) is -0.0112. The third-order valence-electron chi connectivity index (χ3n) is 4.79. The number of anilines is 1. The molecule has 1 amide bonds. The summed E-state index contributed by atoms with van der Waals surface area (Å²) in [6.45, 7) is 3.82. The van der Waals surface area contributed by atoms with E-state index in [1.807, 2.05) is 11.9 Å². The molecule has 1 spiro atoms. The van der Waals surface area contributed by atoms with Gasteiger partial charge < -0.3 is 23.8 Å². The van der Waals surface area contributed by atoms with E-state index in [1.54, 1.807) is 35.7 Å². The lowest BCUT2D eigenvalue weighted by atomic mass is 10.0. The Hall–Kier alpha value is -2.52. The van der Waals surface area contributed by atoms with Crippen LogP contribution in [-0.2, 0) is 16.5 Å². The van der Waals surface area contributed by atoms with Crippen LogP contribution in [0.4, 0.5) is 5.82 Å². The molecule has 2 aliphatic rings. The third kappa shape index (κ3) is 3.27. The number of hydrogen-bond donors (Lipinski definition) is 0. The lowest BCUT2D eigenvalue weighted by Gasteiger charge is -2.43. The van der Waals surface area contributed by atoms with Crippen LogP contribution in [0.15, 0.2) is 31.1 Å². The molecule has 0 N–H and O–H groups in total. The number of amides is 1. The molecule has 9 nitrogen and oxygen atoms in total. The van der Waals surface area contributed by atoms with Gasteiger partial charge in [-0.2, -0.15) is 0 Å². The Morgan fingerprint density at radius 3 is 2.85 bits per heavy atom. The van der Waals surface area contributed by atoms with Crippen molar-refractivity contribution in [1.29, 1.82) is 0 Å². The topological polar surface area (TPSA) is 85.6 Å². The second kappa shape index (κ2) is 7.00. The fraction of sp³-hybridized carbons (Fsp3) is 0.529. The smallest absolute Gasteiger partial charge is 0.272 e. The number of ether oxygens (including phenoxy) is 2. The van der Waals surface area contributed by atoms with Gasteiger partial charge in [-0.1, -0.05) is 0 Å². The summed E-state index contributed by atoms with van der Waals surface area (Å²) in [7, 11) is 1.82. The van der Waals surface area contributed by atoms with Crippen molar-refractivity contribution in [2.45, 2.75) is 5.60 Å². The van der Waals surface area contributed by atoms with Crippen molar-refractivity contribution in [1.82, 2.24) is 24.4 Å². The maximum absolute atomic E-state index is 12.9. The summed E-state index contributed by atoms with van der Waals surface area (Å²) in [4.78, 5) is 29.4. The molecule has 26 heavy (non-hydrogen) atoms. The number of imidazole rings is 1. The molecule has 0 saturated carbocycles. The van der Waals surface area contributed by atoms with Gasteiger partial charge in [0.1, 0.15) is 17.1 Å². The largest absolute Gasteiger partial charge is 0.376 e. The lowest BCUT2D eigenvalue weighted by molar-refractivity contribution is -0.124. The second-order valence-electron chi connectivity index (χ2n) is 6.69. The normalized spacial score (nSPS) is 23.9. The van der Waals surface area contributed by atoms with E-state index in [9.17, 15) is 4.79 Å². The number of rotatable bonds is 2. The molecule has 0 aromatic carbocycles. The van der Waals surface area contributed by atoms with Crippen LogP contribution in [0.5, 0.6) is 0 Å². The number of hydrogen-bond acceptors (Lipinski definition) is 7. The van der Waals surface area contributed by atoms with E-state index in [4.69, 9.17) is 9.47 Å². The lowest BCUT2D eigenvalue weighted by Crippen LogP contribution is -2.60. The van der Waals surface area contributed by atoms with Crippen LogP contribution in [0, 0.1) is 0 Å². The molecule has 1 unspecified atom stereocenters. The van der Waals surface area contributed by atoms with Crippen molar-refractivity contribution in [3.8, 4) is 0 Å². The van der Waals surface area contributed by atoms with Crippen molar-refractivity contribution in [2.24, 2.45) is 7.05 Å². The van der Waals surface area contributed by atoms with Crippen molar-refractivity contribution in [2.75, 3.05) is 50.9 Å². The zero-order chi connectivity index (χ0) is 18.0. The Kier molecular flexibility index (Phi) is 4.56. The first-order chi connectivity index (χ1) is 12.7. The van der Waals surface area contributed by atoms with E-state index >= 15 is 0 Å². The Balaban J connectivity index is 1.54. The SMILES string of the molecule is Cn1cncc1C(=O)N1CCOC2(COCCN(c3cnccn3)C2)C1. The summed E-state index contributed by atoms with van der Waals surface area (Å²) < 4.78 is 13.7. The highest BCUT2D eigenvalue weighted by molar-refractivity contribution is 5.92. The predicted molar refractivity (Wildman–Crippen MR) is 92.9 cm³/mol. The maximum atomic E-state index is 12.9. The van der Waals surface area contributed by atoms with E-state index in [0.29, 0.717) is 51.7 Å². The fourth-order valence-corrected chi connectivity index (χ4v) is 3.48. The highest BCUT2D eigenvalue weighted by atomic mass is 16.5. The molecule has 4 heterocycles. The molecular weight excluding hydrogens is 336 g/mol. The number of morpholine rings is 1. The Morgan fingerprint density at radius 1 is 1.15 bits per heavy atom. The number of aryl methyl sites for hydroxylation is 1. The van der Waals surface area contributed by atoms with Crippen molar-refractivity contribution in [3.63, 3.8) is 0 Å². The molecule has 2 aromatic heterocycles. The van der Waals surface area contributed by atoms with E-state index < -0.39 is 5.60 Å². The van der Waals surface area contributed by atoms with Gasteiger partial charge in [-0.15, -0.1) is 0 Å². The van der Waals surface area contributed by atoms with Crippen molar-refractivity contribution < 1.29 is 14.3 Å². The van der Waals surface area contributed by atoms with Gasteiger partial charge in [0.2, 0.25) is 0 Å². The van der Waals surface area contributed by atoms with E-state index in [0.717, 1.165) is 5.82 Å². The van der Waals surface area contributed by atoms with Crippen LogP contribution in [-0.4, -0.2) is 81.9 Å². The number of nitrogens with zero attached hydrogens (tertiary/aromatic N) is 6. The van der Waals surface area contributed by atoms with Gasteiger partial charge in [-0.25, -0.2) is 9.97 Å². The van der Waals surface area contributed by atoms with Gasteiger partial charge in [0, 0.05) is 32.5 Å². The molecular formula is C17H22N6O3. The number of carbonyl (C=O) groups is 1. The molecule has 2 fully saturated rings. The van der Waals surface area contributed by atoms with Gasteiger partial charge in [-0.05, 0) is 0 Å². The van der Waals surface area contributed by atoms with Gasteiger partial charge in [0.15, 0.2) is 0 Å². The average molecular weight is 358 g/mol. The Bertz CT molecular complexity index is 767. The minimum Gasteiger partial charge on any atom is -0.376 e. The zero-order valence-electron chi connectivity index (χ0n) is 14.7. The number of aromatic nitrogens is 4. The quantitative estimate of drug-likeness (QED) is 0.744. The molecule has 1 atom stereocenters. The van der Waals surface area contributed by atoms with Crippen molar-refractivity contribution in [3.05, 3.63) is 36.8 Å². The Morgan fingerprint density at radius 2 is 2.08 bits per heavy atom. The molecule has 0 aliphatic carbocycles. The molecule has 0 bridgehead atoms. The highest BCUT2D eigenvalue weighted by Gasteiger charge is 2.42. The molecule has 9 heteroatoms.